The van der Waals surface area contributed by atoms with Crippen LogP contribution in [0, 0.1) is 13.8 Å². The van der Waals surface area contributed by atoms with Gasteiger partial charge < -0.3 is 9.84 Å². The van der Waals surface area contributed by atoms with Crippen molar-refractivity contribution in [2.24, 2.45) is 0 Å². The monoisotopic (exact) mass is 321 g/mol. The summed E-state index contributed by atoms with van der Waals surface area (Å²) < 4.78 is 6.41. The molecule has 1 N–H and O–H groups in total. The average Bonchev–Trinajstić information content (AvgIpc) is 2.32. The number of rotatable bonds is 3. The first-order valence-corrected chi connectivity index (χ1v) is 6.41. The first-order chi connectivity index (χ1) is 8.95. The minimum absolute atomic E-state index is 0.158. The summed E-state index contributed by atoms with van der Waals surface area (Å²) in [6.07, 6.45) is 0. The van der Waals surface area contributed by atoms with Crippen molar-refractivity contribution in [2.45, 2.75) is 13.8 Å². The predicted molar refractivity (Wildman–Crippen MR) is 74.9 cm³/mol. The van der Waals surface area contributed by atoms with Crippen molar-refractivity contribution in [1.82, 2.24) is 4.98 Å². The molecule has 1 aromatic heterocycles. The summed E-state index contributed by atoms with van der Waals surface area (Å²) in [5.74, 6) is -0.139. The lowest BCUT2D eigenvalue weighted by molar-refractivity contribution is 0.0696. The fraction of sp³-hybridized carbons (Fsp3) is 0.143. The van der Waals surface area contributed by atoms with E-state index in [9.17, 15) is 4.79 Å². The highest BCUT2D eigenvalue weighted by Crippen LogP contribution is 2.30. The number of carboxylic acid groups (broad SMARTS) is 1. The van der Waals surface area contributed by atoms with Crippen molar-refractivity contribution in [3.63, 3.8) is 0 Å². The third-order valence-electron chi connectivity index (χ3n) is 2.48. The molecule has 0 aliphatic heterocycles. The van der Waals surface area contributed by atoms with Crippen LogP contribution in [0.25, 0.3) is 0 Å². The van der Waals surface area contributed by atoms with Gasteiger partial charge in [0.25, 0.3) is 0 Å². The van der Waals surface area contributed by atoms with E-state index in [-0.39, 0.29) is 11.4 Å². The SMILES string of the molecule is Cc1ccc(Oc2cc(C(=O)O)cc(C)n2)c(Br)c1. The van der Waals surface area contributed by atoms with Crippen LogP contribution in [-0.2, 0) is 0 Å². The molecule has 2 aromatic rings. The Labute approximate surface area is 119 Å². The second-order valence-corrected chi connectivity index (χ2v) is 5.03. The Bertz CT molecular complexity index is 641. The fourth-order valence-electron chi connectivity index (χ4n) is 1.62. The zero-order valence-electron chi connectivity index (χ0n) is 10.5. The maximum atomic E-state index is 11.0. The fourth-order valence-corrected chi connectivity index (χ4v) is 2.19. The summed E-state index contributed by atoms with van der Waals surface area (Å²) in [6, 6.07) is 8.54. The smallest absolute Gasteiger partial charge is 0.335 e. The van der Waals surface area contributed by atoms with Gasteiger partial charge in [-0.1, -0.05) is 6.07 Å². The third-order valence-corrected chi connectivity index (χ3v) is 3.10. The lowest BCUT2D eigenvalue weighted by Crippen LogP contribution is -2.00. The molecule has 0 bridgehead atoms. The van der Waals surface area contributed by atoms with Gasteiger partial charge in [-0.3, -0.25) is 0 Å². The van der Waals surface area contributed by atoms with Crippen LogP contribution in [0.5, 0.6) is 11.6 Å². The molecule has 0 saturated carbocycles. The molecule has 0 aliphatic rings. The van der Waals surface area contributed by atoms with Crippen LogP contribution in [-0.4, -0.2) is 16.1 Å². The number of aryl methyl sites for hydroxylation is 2. The lowest BCUT2D eigenvalue weighted by atomic mass is 10.2. The number of carboxylic acids is 1. The van der Waals surface area contributed by atoms with Crippen molar-refractivity contribution in [1.29, 1.82) is 0 Å². The number of nitrogens with zero attached hydrogens (tertiary/aromatic N) is 1. The predicted octanol–water partition coefficient (Wildman–Crippen LogP) is 3.95. The van der Waals surface area contributed by atoms with Crippen LogP contribution in [0.3, 0.4) is 0 Å². The molecule has 5 heteroatoms. The van der Waals surface area contributed by atoms with Crippen molar-refractivity contribution < 1.29 is 14.6 Å². The zero-order valence-corrected chi connectivity index (χ0v) is 12.1. The van der Waals surface area contributed by atoms with E-state index in [0.717, 1.165) is 10.0 Å². The summed E-state index contributed by atoms with van der Waals surface area (Å²) in [5, 5.41) is 9.00. The van der Waals surface area contributed by atoms with E-state index in [1.54, 1.807) is 6.92 Å². The third kappa shape index (κ3) is 3.32. The Morgan fingerprint density at radius 3 is 2.63 bits per heavy atom. The standard InChI is InChI=1S/C14H12BrNO3/c1-8-3-4-12(11(15)5-8)19-13-7-10(14(17)18)6-9(2)16-13/h3-7H,1-2H3,(H,17,18). The van der Waals surface area contributed by atoms with Crippen molar-refractivity contribution >= 4 is 21.9 Å². The van der Waals surface area contributed by atoms with Crippen LogP contribution in [0.4, 0.5) is 0 Å². The summed E-state index contributed by atoms with van der Waals surface area (Å²) >= 11 is 3.40. The second-order valence-electron chi connectivity index (χ2n) is 4.18. The molecule has 0 amide bonds. The molecule has 0 spiro atoms. The molecular weight excluding hydrogens is 310 g/mol. The summed E-state index contributed by atoms with van der Waals surface area (Å²) in [6.45, 7) is 3.70. The van der Waals surface area contributed by atoms with Crippen LogP contribution in [0.15, 0.2) is 34.8 Å². The highest BCUT2D eigenvalue weighted by Gasteiger charge is 2.09. The van der Waals surface area contributed by atoms with Gasteiger partial charge in [-0.05, 0) is 53.5 Å². The molecule has 0 fully saturated rings. The topological polar surface area (TPSA) is 59.4 Å². The molecule has 0 unspecified atom stereocenters. The number of ether oxygens (including phenoxy) is 1. The summed E-state index contributed by atoms with van der Waals surface area (Å²) in [5.41, 5.74) is 1.85. The largest absolute Gasteiger partial charge is 0.478 e. The molecule has 0 atom stereocenters. The van der Waals surface area contributed by atoms with Gasteiger partial charge in [0, 0.05) is 11.8 Å². The highest BCUT2D eigenvalue weighted by atomic mass is 79.9. The van der Waals surface area contributed by atoms with E-state index in [0.29, 0.717) is 11.4 Å². The van der Waals surface area contributed by atoms with Gasteiger partial charge >= 0.3 is 5.97 Å². The van der Waals surface area contributed by atoms with Gasteiger partial charge in [-0.25, -0.2) is 9.78 Å². The van der Waals surface area contributed by atoms with Crippen LogP contribution in [0.1, 0.15) is 21.6 Å². The Kier molecular flexibility index (Phi) is 3.85. The maximum absolute atomic E-state index is 11.0. The minimum atomic E-state index is -1.00. The van der Waals surface area contributed by atoms with Crippen LogP contribution >= 0.6 is 15.9 Å². The number of aromatic nitrogens is 1. The highest BCUT2D eigenvalue weighted by molar-refractivity contribution is 9.10. The molecule has 0 aliphatic carbocycles. The summed E-state index contributed by atoms with van der Waals surface area (Å²) in [4.78, 5) is 15.1. The minimum Gasteiger partial charge on any atom is -0.478 e. The van der Waals surface area contributed by atoms with Gasteiger partial charge in [0.1, 0.15) is 5.75 Å². The van der Waals surface area contributed by atoms with E-state index in [4.69, 9.17) is 9.84 Å². The van der Waals surface area contributed by atoms with Crippen molar-refractivity contribution in [2.75, 3.05) is 0 Å². The van der Waals surface area contributed by atoms with Gasteiger partial charge in [-0.15, -0.1) is 0 Å². The van der Waals surface area contributed by atoms with E-state index < -0.39 is 5.97 Å². The molecular formula is C14H12BrNO3. The number of hydrogen-bond acceptors (Lipinski definition) is 3. The van der Waals surface area contributed by atoms with Gasteiger partial charge in [0.2, 0.25) is 5.88 Å². The van der Waals surface area contributed by atoms with Gasteiger partial charge in [0.15, 0.2) is 0 Å². The van der Waals surface area contributed by atoms with Crippen molar-refractivity contribution in [3.8, 4) is 11.6 Å². The molecule has 1 aromatic carbocycles. The van der Waals surface area contributed by atoms with Gasteiger partial charge in [0.05, 0.1) is 10.0 Å². The van der Waals surface area contributed by atoms with Crippen LogP contribution < -0.4 is 4.74 Å². The number of carbonyl (C=O) groups is 1. The van der Waals surface area contributed by atoms with E-state index >= 15 is 0 Å². The normalized spacial score (nSPS) is 10.3. The molecule has 0 radical (unpaired) electrons. The Morgan fingerprint density at radius 2 is 2.00 bits per heavy atom. The Balaban J connectivity index is 2.35. The molecule has 0 saturated heterocycles. The average molecular weight is 322 g/mol. The molecule has 19 heavy (non-hydrogen) atoms. The molecule has 1 heterocycles. The second kappa shape index (κ2) is 5.40. The Hall–Kier alpha value is -1.88. The first kappa shape index (κ1) is 13.5. The molecule has 2 rings (SSSR count). The van der Waals surface area contributed by atoms with E-state index in [1.807, 2.05) is 25.1 Å². The quantitative estimate of drug-likeness (QED) is 0.929. The van der Waals surface area contributed by atoms with E-state index in [1.165, 1.54) is 12.1 Å². The lowest BCUT2D eigenvalue weighted by Gasteiger charge is -2.09. The van der Waals surface area contributed by atoms with Crippen molar-refractivity contribution in [3.05, 3.63) is 51.6 Å². The van der Waals surface area contributed by atoms with E-state index in [2.05, 4.69) is 20.9 Å². The van der Waals surface area contributed by atoms with Crippen LogP contribution in [0.2, 0.25) is 0 Å². The summed E-state index contributed by atoms with van der Waals surface area (Å²) in [7, 11) is 0. The molecule has 98 valence electrons. The first-order valence-electron chi connectivity index (χ1n) is 5.61. The number of pyridine rings is 1. The number of halogens is 1. The maximum Gasteiger partial charge on any atom is 0.335 e. The number of hydrogen-bond donors (Lipinski definition) is 1. The molecule has 4 nitrogen and oxygen atoms in total. The number of benzene rings is 1. The number of aromatic carboxylic acids is 1. The Morgan fingerprint density at radius 1 is 1.26 bits per heavy atom. The van der Waals surface area contributed by atoms with Gasteiger partial charge in [-0.2, -0.15) is 0 Å². The zero-order chi connectivity index (χ0) is 14.0.